The number of para-hydroxylation sites is 1. The van der Waals surface area contributed by atoms with Crippen molar-refractivity contribution in [3.63, 3.8) is 0 Å². The van der Waals surface area contributed by atoms with Gasteiger partial charge in [-0.3, -0.25) is 24.7 Å². The number of carbonyl (C=O) groups excluding carboxylic acids is 2. The number of fused-ring (bicyclic) bond motifs is 1. The van der Waals surface area contributed by atoms with Crippen LogP contribution in [0.4, 0.5) is 17.1 Å². The molecule has 0 radical (unpaired) electrons. The number of rotatable bonds is 4. The summed E-state index contributed by atoms with van der Waals surface area (Å²) in [7, 11) is 1.35. The molecule has 1 heterocycles. The largest absolute Gasteiger partial charge is 0.495 e. The van der Waals surface area contributed by atoms with E-state index in [-0.39, 0.29) is 17.1 Å². The van der Waals surface area contributed by atoms with Crippen LogP contribution in [0.3, 0.4) is 0 Å². The normalized spacial score (nSPS) is 10.3. The summed E-state index contributed by atoms with van der Waals surface area (Å²) in [6.45, 7) is 0. The zero-order valence-corrected chi connectivity index (χ0v) is 14.1. The Morgan fingerprint density at radius 3 is 2.44 bits per heavy atom. The van der Waals surface area contributed by atoms with Gasteiger partial charge in [0.15, 0.2) is 0 Å². The number of aromatic nitrogens is 1. The fourth-order valence-electron chi connectivity index (χ4n) is 2.47. The molecule has 0 fully saturated rings. The molecule has 0 saturated heterocycles. The van der Waals surface area contributed by atoms with E-state index in [2.05, 4.69) is 15.6 Å². The summed E-state index contributed by atoms with van der Waals surface area (Å²) in [6.07, 6.45) is 1.58. The highest BCUT2D eigenvalue weighted by Crippen LogP contribution is 2.29. The van der Waals surface area contributed by atoms with Crippen molar-refractivity contribution in [3.8, 4) is 5.75 Å². The maximum absolute atomic E-state index is 12.3. The van der Waals surface area contributed by atoms with Crippen molar-refractivity contribution in [1.82, 2.24) is 4.98 Å². The Hall–Kier alpha value is -4.01. The van der Waals surface area contributed by atoms with E-state index in [0.717, 1.165) is 11.5 Å². The van der Waals surface area contributed by atoms with E-state index in [4.69, 9.17) is 4.74 Å². The molecule has 0 aliphatic heterocycles. The summed E-state index contributed by atoms with van der Waals surface area (Å²) < 4.78 is 5.06. The number of ether oxygens (including phenoxy) is 1. The fourth-order valence-corrected chi connectivity index (χ4v) is 2.47. The quantitative estimate of drug-likeness (QED) is 0.416. The second-order valence-electron chi connectivity index (χ2n) is 5.43. The molecule has 9 heteroatoms. The van der Waals surface area contributed by atoms with E-state index in [9.17, 15) is 19.7 Å². The van der Waals surface area contributed by atoms with Crippen molar-refractivity contribution >= 4 is 39.8 Å². The van der Waals surface area contributed by atoms with Crippen molar-refractivity contribution in [2.24, 2.45) is 0 Å². The van der Waals surface area contributed by atoms with Gasteiger partial charge in [0.1, 0.15) is 5.75 Å². The summed E-state index contributed by atoms with van der Waals surface area (Å²) in [6, 6.07) is 12.4. The monoisotopic (exact) mass is 366 g/mol. The Morgan fingerprint density at radius 2 is 1.74 bits per heavy atom. The molecule has 0 aliphatic carbocycles. The third kappa shape index (κ3) is 3.82. The maximum Gasteiger partial charge on any atom is 0.314 e. The van der Waals surface area contributed by atoms with Crippen LogP contribution in [0.5, 0.6) is 5.75 Å². The van der Waals surface area contributed by atoms with E-state index < -0.39 is 16.7 Å². The van der Waals surface area contributed by atoms with E-state index in [0.29, 0.717) is 11.2 Å². The topological polar surface area (TPSA) is 123 Å². The molecule has 0 aliphatic rings. The molecule has 0 atom stereocenters. The first-order valence-electron chi connectivity index (χ1n) is 7.78. The minimum atomic E-state index is -0.998. The molecule has 136 valence electrons. The molecule has 2 amide bonds. The number of pyridine rings is 1. The number of nitro groups is 1. The summed E-state index contributed by atoms with van der Waals surface area (Å²) >= 11 is 0. The van der Waals surface area contributed by atoms with Gasteiger partial charge in [0, 0.05) is 23.7 Å². The Balaban J connectivity index is 1.81. The van der Waals surface area contributed by atoms with Crippen molar-refractivity contribution in [1.29, 1.82) is 0 Å². The minimum Gasteiger partial charge on any atom is -0.495 e. The maximum atomic E-state index is 12.3. The summed E-state index contributed by atoms with van der Waals surface area (Å²) in [5, 5.41) is 16.5. The lowest BCUT2D eigenvalue weighted by atomic mass is 10.2. The van der Waals surface area contributed by atoms with Crippen LogP contribution in [0.1, 0.15) is 0 Å². The number of non-ortho nitro benzene ring substituents is 1. The smallest absolute Gasteiger partial charge is 0.314 e. The van der Waals surface area contributed by atoms with Crippen LogP contribution < -0.4 is 15.4 Å². The highest BCUT2D eigenvalue weighted by atomic mass is 16.6. The Kier molecular flexibility index (Phi) is 4.93. The average molecular weight is 366 g/mol. The Labute approximate surface area is 153 Å². The molecule has 2 N–H and O–H groups in total. The standard InChI is InChI=1S/C18H14N4O5/c1-27-15-8-7-12(22(25)26)10-14(15)21-18(24)17(23)20-13-6-2-4-11-5-3-9-19-16(11)13/h2-10H,1H3,(H,20,23)(H,21,24). The van der Waals surface area contributed by atoms with Gasteiger partial charge in [-0.05, 0) is 18.2 Å². The lowest BCUT2D eigenvalue weighted by Gasteiger charge is -2.11. The second-order valence-corrected chi connectivity index (χ2v) is 5.43. The molecule has 9 nitrogen and oxygen atoms in total. The van der Waals surface area contributed by atoms with Crippen LogP contribution in [-0.2, 0) is 9.59 Å². The number of benzene rings is 2. The Bertz CT molecular complexity index is 1050. The Morgan fingerprint density at radius 1 is 1.04 bits per heavy atom. The number of hydrogen-bond acceptors (Lipinski definition) is 6. The third-order valence-electron chi connectivity index (χ3n) is 3.73. The number of anilines is 2. The van der Waals surface area contributed by atoms with Gasteiger partial charge in [-0.2, -0.15) is 0 Å². The van der Waals surface area contributed by atoms with Crippen molar-refractivity contribution < 1.29 is 19.2 Å². The first-order valence-corrected chi connectivity index (χ1v) is 7.78. The molecule has 0 bridgehead atoms. The van der Waals surface area contributed by atoms with Crippen LogP contribution in [0, 0.1) is 10.1 Å². The molecule has 2 aromatic carbocycles. The molecule has 0 unspecified atom stereocenters. The van der Waals surface area contributed by atoms with E-state index in [1.54, 1.807) is 24.4 Å². The lowest BCUT2D eigenvalue weighted by molar-refractivity contribution is -0.384. The van der Waals surface area contributed by atoms with Gasteiger partial charge < -0.3 is 15.4 Å². The number of methoxy groups -OCH3 is 1. The predicted molar refractivity (Wildman–Crippen MR) is 98.7 cm³/mol. The highest BCUT2D eigenvalue weighted by Gasteiger charge is 2.19. The molecule has 27 heavy (non-hydrogen) atoms. The third-order valence-corrected chi connectivity index (χ3v) is 3.73. The summed E-state index contributed by atoms with van der Waals surface area (Å²) in [4.78, 5) is 39.0. The van der Waals surface area contributed by atoms with Gasteiger partial charge >= 0.3 is 11.8 Å². The molecule has 1 aromatic heterocycles. The number of hydrogen-bond donors (Lipinski definition) is 2. The fraction of sp³-hybridized carbons (Fsp3) is 0.0556. The average Bonchev–Trinajstić information content (AvgIpc) is 2.68. The van der Waals surface area contributed by atoms with E-state index in [1.165, 1.54) is 19.2 Å². The van der Waals surface area contributed by atoms with Crippen LogP contribution in [-0.4, -0.2) is 28.8 Å². The SMILES string of the molecule is COc1ccc([N+](=O)[O-])cc1NC(=O)C(=O)Nc1cccc2cccnc12. The number of amides is 2. The van der Waals surface area contributed by atoms with Crippen molar-refractivity contribution in [3.05, 3.63) is 64.8 Å². The van der Waals surface area contributed by atoms with Crippen LogP contribution in [0.25, 0.3) is 10.9 Å². The van der Waals surface area contributed by atoms with Gasteiger partial charge in [0.2, 0.25) is 0 Å². The van der Waals surface area contributed by atoms with E-state index >= 15 is 0 Å². The van der Waals surface area contributed by atoms with Gasteiger partial charge in [-0.1, -0.05) is 18.2 Å². The van der Waals surface area contributed by atoms with Crippen molar-refractivity contribution in [2.45, 2.75) is 0 Å². The zero-order valence-electron chi connectivity index (χ0n) is 14.1. The van der Waals surface area contributed by atoms with Gasteiger partial charge in [-0.25, -0.2) is 0 Å². The lowest BCUT2D eigenvalue weighted by Crippen LogP contribution is -2.29. The molecule has 3 aromatic rings. The summed E-state index contributed by atoms with van der Waals surface area (Å²) in [5.74, 6) is -1.75. The minimum absolute atomic E-state index is 0.0166. The second kappa shape index (κ2) is 7.48. The highest BCUT2D eigenvalue weighted by molar-refractivity contribution is 6.44. The van der Waals surface area contributed by atoms with E-state index in [1.807, 2.05) is 12.1 Å². The first kappa shape index (κ1) is 17.8. The van der Waals surface area contributed by atoms with Crippen LogP contribution in [0.2, 0.25) is 0 Å². The van der Waals surface area contributed by atoms with Gasteiger partial charge in [0.05, 0.1) is 28.9 Å². The van der Waals surface area contributed by atoms with Gasteiger partial charge in [0.25, 0.3) is 5.69 Å². The first-order chi connectivity index (χ1) is 13.0. The molecular weight excluding hydrogens is 352 g/mol. The van der Waals surface area contributed by atoms with Crippen LogP contribution >= 0.6 is 0 Å². The summed E-state index contributed by atoms with van der Waals surface area (Å²) in [5.41, 5.74) is 0.681. The number of nitro benzene ring substituents is 1. The number of nitrogens with zero attached hydrogens (tertiary/aromatic N) is 2. The van der Waals surface area contributed by atoms with Gasteiger partial charge in [-0.15, -0.1) is 0 Å². The molecule has 0 saturated carbocycles. The van der Waals surface area contributed by atoms with Crippen LogP contribution in [0.15, 0.2) is 54.7 Å². The number of carbonyl (C=O) groups is 2. The predicted octanol–water partition coefficient (Wildman–Crippen LogP) is 2.73. The molecular formula is C18H14N4O5. The number of nitrogens with one attached hydrogen (secondary N) is 2. The van der Waals surface area contributed by atoms with Crippen molar-refractivity contribution in [2.75, 3.05) is 17.7 Å². The zero-order chi connectivity index (χ0) is 19.4. The molecule has 0 spiro atoms. The molecule has 3 rings (SSSR count).